The minimum atomic E-state index is -2.12. The molecule has 2 N–H and O–H groups in total. The van der Waals surface area contributed by atoms with Crippen LogP contribution in [0.2, 0.25) is 5.02 Å². The van der Waals surface area contributed by atoms with Gasteiger partial charge in [-0.3, -0.25) is 14.3 Å². The molecule has 1 aromatic carbocycles. The Morgan fingerprint density at radius 1 is 1.42 bits per heavy atom. The minimum absolute atomic E-state index is 0.0253. The zero-order valence-electron chi connectivity index (χ0n) is 13.8. The summed E-state index contributed by atoms with van der Waals surface area (Å²) in [5.41, 5.74) is 0.845. The van der Waals surface area contributed by atoms with E-state index in [-0.39, 0.29) is 27.7 Å². The molecule has 0 spiro atoms. The van der Waals surface area contributed by atoms with Crippen molar-refractivity contribution in [3.8, 4) is 11.3 Å². The Balaban J connectivity index is 2.19. The molecule has 1 atom stereocenters. The van der Waals surface area contributed by atoms with E-state index in [0.29, 0.717) is 16.8 Å². The Hall–Kier alpha value is -2.49. The molecule has 0 radical (unpaired) electrons. The first kappa shape index (κ1) is 18.3. The lowest BCUT2D eigenvalue weighted by molar-refractivity contribution is 0.103. The average molecular weight is 396 g/mol. The normalized spacial score (nSPS) is 12.3. The molecule has 3 aromatic rings. The third-order valence-electron chi connectivity index (χ3n) is 3.81. The Morgan fingerprint density at radius 3 is 2.69 bits per heavy atom. The van der Waals surface area contributed by atoms with Gasteiger partial charge >= 0.3 is 0 Å². The first-order valence-corrected chi connectivity index (χ1v) is 9.06. The monoisotopic (exact) mass is 395 g/mol. The molecule has 0 aliphatic heterocycles. The fraction of sp³-hybridized carbons (Fsp3) is 0.188. The molecule has 2 heterocycles. The van der Waals surface area contributed by atoms with Gasteiger partial charge in [0.1, 0.15) is 5.56 Å². The Kier molecular flexibility index (Phi) is 4.94. The number of rotatable bonds is 5. The van der Waals surface area contributed by atoms with Crippen molar-refractivity contribution in [1.29, 1.82) is 0 Å². The fourth-order valence-electron chi connectivity index (χ4n) is 2.56. The number of nitrogens with one attached hydrogen (secondary N) is 1. The van der Waals surface area contributed by atoms with Crippen molar-refractivity contribution in [1.82, 2.24) is 14.9 Å². The average Bonchev–Trinajstić information content (AvgIpc) is 3.13. The maximum absolute atomic E-state index is 12.8. The van der Waals surface area contributed by atoms with E-state index in [1.54, 1.807) is 13.0 Å². The van der Waals surface area contributed by atoms with Crippen LogP contribution in [-0.2, 0) is 23.9 Å². The molecular formula is C16H14ClN3O5S. The van der Waals surface area contributed by atoms with Gasteiger partial charge in [0.15, 0.2) is 16.8 Å². The van der Waals surface area contributed by atoms with Crippen molar-refractivity contribution in [2.75, 3.05) is 0 Å². The van der Waals surface area contributed by atoms with Crippen molar-refractivity contribution < 1.29 is 18.1 Å². The van der Waals surface area contributed by atoms with Crippen LogP contribution < -0.4 is 5.56 Å². The Labute approximate surface area is 155 Å². The summed E-state index contributed by atoms with van der Waals surface area (Å²) in [5.74, 6) is -0.495. The molecule has 1 unspecified atom stereocenters. The third-order valence-corrected chi connectivity index (χ3v) is 4.76. The predicted octanol–water partition coefficient (Wildman–Crippen LogP) is 2.28. The van der Waals surface area contributed by atoms with Crippen LogP contribution in [0.25, 0.3) is 11.3 Å². The quantitative estimate of drug-likeness (QED) is 0.505. The van der Waals surface area contributed by atoms with Crippen molar-refractivity contribution in [3.63, 3.8) is 0 Å². The van der Waals surface area contributed by atoms with Gasteiger partial charge < -0.3 is 14.2 Å². The number of benzene rings is 1. The van der Waals surface area contributed by atoms with Crippen molar-refractivity contribution in [2.45, 2.75) is 12.7 Å². The molecule has 3 rings (SSSR count). The number of aryl methyl sites for hydroxylation is 2. The topological polar surface area (TPSA) is 118 Å². The zero-order chi connectivity index (χ0) is 19.0. The first-order chi connectivity index (χ1) is 12.3. The number of carbonyl (C=O) groups is 1. The largest absolute Gasteiger partial charge is 0.356 e. The highest BCUT2D eigenvalue weighted by atomic mass is 35.5. The summed E-state index contributed by atoms with van der Waals surface area (Å²) in [5, 5.41) is 6.45. The molecule has 0 fully saturated rings. The maximum atomic E-state index is 12.8. The highest BCUT2D eigenvalue weighted by molar-refractivity contribution is 7.78. The smallest absolute Gasteiger partial charge is 0.277 e. The molecule has 2 aromatic heterocycles. The van der Waals surface area contributed by atoms with Crippen molar-refractivity contribution in [3.05, 3.63) is 62.2 Å². The van der Waals surface area contributed by atoms with E-state index in [1.807, 2.05) is 0 Å². The molecule has 0 saturated carbocycles. The van der Waals surface area contributed by atoms with E-state index < -0.39 is 22.4 Å². The summed E-state index contributed by atoms with van der Waals surface area (Å²) in [6, 6.07) is 4.54. The number of aromatic amines is 1. The van der Waals surface area contributed by atoms with Gasteiger partial charge in [0, 0.05) is 30.4 Å². The third kappa shape index (κ3) is 3.28. The molecule has 26 heavy (non-hydrogen) atoms. The van der Waals surface area contributed by atoms with Crippen molar-refractivity contribution >= 4 is 28.5 Å². The van der Waals surface area contributed by atoms with E-state index in [1.165, 1.54) is 30.1 Å². The first-order valence-electron chi connectivity index (χ1n) is 7.41. The molecule has 10 heteroatoms. The van der Waals surface area contributed by atoms with Gasteiger partial charge in [0.25, 0.3) is 5.56 Å². The van der Waals surface area contributed by atoms with Crippen LogP contribution in [0.4, 0.5) is 0 Å². The number of H-pyrrole nitrogens is 1. The highest BCUT2D eigenvalue weighted by Crippen LogP contribution is 2.36. The van der Waals surface area contributed by atoms with Gasteiger partial charge in [0.2, 0.25) is 5.78 Å². The molecule has 0 aliphatic rings. The van der Waals surface area contributed by atoms with Crippen LogP contribution in [0.15, 0.2) is 33.7 Å². The van der Waals surface area contributed by atoms with Gasteiger partial charge in [-0.15, -0.1) is 0 Å². The highest BCUT2D eigenvalue weighted by Gasteiger charge is 2.24. The number of nitrogens with zero attached hydrogens (tertiary/aromatic N) is 2. The van der Waals surface area contributed by atoms with Gasteiger partial charge in [-0.1, -0.05) is 22.8 Å². The number of ketones is 1. The van der Waals surface area contributed by atoms with Gasteiger partial charge in [-0.25, -0.2) is 4.21 Å². The molecule has 0 bridgehead atoms. The lowest BCUT2D eigenvalue weighted by Gasteiger charge is -2.11. The summed E-state index contributed by atoms with van der Waals surface area (Å²) in [4.78, 5) is 24.8. The lowest BCUT2D eigenvalue weighted by atomic mass is 9.98. The SMILES string of the molecule is Cc1cc(-c2c(CS(=O)O)ccc(C(=O)c3c[nH]n(C)c3=O)c2Cl)on1. The maximum Gasteiger partial charge on any atom is 0.277 e. The summed E-state index contributed by atoms with van der Waals surface area (Å²) >= 11 is 4.32. The molecular weight excluding hydrogens is 382 g/mol. The summed E-state index contributed by atoms with van der Waals surface area (Å²) < 4.78 is 26.9. The Morgan fingerprint density at radius 2 is 2.15 bits per heavy atom. The van der Waals surface area contributed by atoms with E-state index in [0.717, 1.165) is 0 Å². The van der Waals surface area contributed by atoms with Crippen LogP contribution in [0.3, 0.4) is 0 Å². The molecule has 0 amide bonds. The fourth-order valence-corrected chi connectivity index (χ4v) is 3.43. The molecule has 0 saturated heterocycles. The van der Waals surface area contributed by atoms with Gasteiger partial charge in [-0.05, 0) is 18.6 Å². The van der Waals surface area contributed by atoms with E-state index in [2.05, 4.69) is 10.3 Å². The summed E-state index contributed by atoms with van der Waals surface area (Å²) in [7, 11) is 1.49. The van der Waals surface area contributed by atoms with Crippen LogP contribution in [0.5, 0.6) is 0 Å². The van der Waals surface area contributed by atoms with Gasteiger partial charge in [-0.2, -0.15) is 0 Å². The molecule has 136 valence electrons. The zero-order valence-corrected chi connectivity index (χ0v) is 15.3. The van der Waals surface area contributed by atoms with Crippen molar-refractivity contribution in [2.24, 2.45) is 7.05 Å². The van der Waals surface area contributed by atoms with Crippen LogP contribution in [-0.4, -0.2) is 29.5 Å². The Bertz CT molecular complexity index is 1080. The summed E-state index contributed by atoms with van der Waals surface area (Å²) in [6.45, 7) is 1.71. The number of halogens is 1. The van der Waals surface area contributed by atoms with E-state index >= 15 is 0 Å². The number of hydrogen-bond acceptors (Lipinski definition) is 5. The van der Waals surface area contributed by atoms with Crippen LogP contribution in [0.1, 0.15) is 27.2 Å². The van der Waals surface area contributed by atoms with E-state index in [9.17, 15) is 18.4 Å². The second kappa shape index (κ2) is 7.02. The van der Waals surface area contributed by atoms with Crippen LogP contribution in [0, 0.1) is 6.92 Å². The number of carbonyl (C=O) groups excluding carboxylic acids is 1. The van der Waals surface area contributed by atoms with Gasteiger partial charge in [0.05, 0.1) is 16.5 Å². The molecule has 8 nitrogen and oxygen atoms in total. The number of hydrogen-bond donors (Lipinski definition) is 2. The lowest BCUT2D eigenvalue weighted by Crippen LogP contribution is -2.19. The second-order valence-electron chi connectivity index (χ2n) is 5.64. The second-order valence-corrected chi connectivity index (χ2v) is 6.95. The number of aromatic nitrogens is 3. The van der Waals surface area contributed by atoms with E-state index in [4.69, 9.17) is 16.1 Å². The minimum Gasteiger partial charge on any atom is -0.356 e. The molecule has 0 aliphatic carbocycles. The summed E-state index contributed by atoms with van der Waals surface area (Å²) in [6.07, 6.45) is 1.30. The standard InChI is InChI=1S/C16H14ClN3O5S/c1-8-5-12(25-19-8)13-9(7-26(23)24)3-4-10(14(13)17)15(21)11-6-18-20(2)16(11)22/h3-6,18H,7H2,1-2H3,(H,23,24). The predicted molar refractivity (Wildman–Crippen MR) is 95.6 cm³/mol. The van der Waals surface area contributed by atoms with Crippen LogP contribution >= 0.6 is 11.6 Å².